The quantitative estimate of drug-likeness (QED) is 0.587. The van der Waals surface area contributed by atoms with Crippen LogP contribution in [0.5, 0.6) is 0 Å². The molecule has 1 fully saturated rings. The fourth-order valence-corrected chi connectivity index (χ4v) is 2.95. The Morgan fingerprint density at radius 2 is 2.05 bits per heavy atom. The molecule has 1 saturated carbocycles. The van der Waals surface area contributed by atoms with Crippen molar-refractivity contribution in [1.82, 2.24) is 4.90 Å². The SMILES string of the molecule is O=C(CCCSc1ccccc1)N(CCO)C1CC1. The van der Waals surface area contributed by atoms with Gasteiger partial charge in [0, 0.05) is 23.9 Å². The maximum atomic E-state index is 12.0. The van der Waals surface area contributed by atoms with Gasteiger partial charge in [-0.1, -0.05) is 18.2 Å². The monoisotopic (exact) mass is 279 g/mol. The number of nitrogens with zero attached hydrogens (tertiary/aromatic N) is 1. The molecule has 0 atom stereocenters. The Hall–Kier alpha value is -1.00. The summed E-state index contributed by atoms with van der Waals surface area (Å²) in [5.74, 6) is 1.16. The molecular weight excluding hydrogens is 258 g/mol. The first-order valence-electron chi connectivity index (χ1n) is 6.89. The Kier molecular flexibility index (Phi) is 5.73. The molecule has 0 unspecified atom stereocenters. The minimum Gasteiger partial charge on any atom is -0.395 e. The van der Waals surface area contributed by atoms with E-state index in [0.717, 1.165) is 25.0 Å². The van der Waals surface area contributed by atoms with Crippen LogP contribution in [-0.4, -0.2) is 40.9 Å². The van der Waals surface area contributed by atoms with Crippen molar-refractivity contribution >= 4 is 17.7 Å². The van der Waals surface area contributed by atoms with Gasteiger partial charge >= 0.3 is 0 Å². The molecule has 0 heterocycles. The number of thioether (sulfide) groups is 1. The fourth-order valence-electron chi connectivity index (χ4n) is 2.08. The zero-order valence-corrected chi connectivity index (χ0v) is 11.9. The molecule has 0 spiro atoms. The van der Waals surface area contributed by atoms with Crippen molar-refractivity contribution in [2.24, 2.45) is 0 Å². The highest BCUT2D eigenvalue weighted by Gasteiger charge is 2.31. The van der Waals surface area contributed by atoms with E-state index >= 15 is 0 Å². The number of amides is 1. The van der Waals surface area contributed by atoms with Crippen molar-refractivity contribution in [2.75, 3.05) is 18.9 Å². The first-order chi connectivity index (χ1) is 9.31. The van der Waals surface area contributed by atoms with E-state index in [1.807, 2.05) is 23.1 Å². The summed E-state index contributed by atoms with van der Waals surface area (Å²) in [5.41, 5.74) is 0. The van der Waals surface area contributed by atoms with Crippen LogP contribution < -0.4 is 0 Å². The zero-order chi connectivity index (χ0) is 13.5. The van der Waals surface area contributed by atoms with E-state index in [1.54, 1.807) is 11.8 Å². The van der Waals surface area contributed by atoms with Gasteiger partial charge in [0.05, 0.1) is 6.61 Å². The highest BCUT2D eigenvalue weighted by Crippen LogP contribution is 2.27. The van der Waals surface area contributed by atoms with Gasteiger partial charge in [-0.25, -0.2) is 0 Å². The zero-order valence-electron chi connectivity index (χ0n) is 11.1. The maximum Gasteiger partial charge on any atom is 0.222 e. The number of hydrogen-bond donors (Lipinski definition) is 1. The lowest BCUT2D eigenvalue weighted by molar-refractivity contribution is -0.132. The second-order valence-corrected chi connectivity index (χ2v) is 5.98. The Morgan fingerprint density at radius 3 is 2.68 bits per heavy atom. The molecular formula is C15H21NO2S. The fraction of sp³-hybridized carbons (Fsp3) is 0.533. The van der Waals surface area contributed by atoms with Crippen LogP contribution in [0.3, 0.4) is 0 Å². The van der Waals surface area contributed by atoms with Crippen molar-refractivity contribution < 1.29 is 9.90 Å². The number of hydrogen-bond acceptors (Lipinski definition) is 3. The van der Waals surface area contributed by atoms with Crippen LogP contribution in [0.2, 0.25) is 0 Å². The van der Waals surface area contributed by atoms with Gasteiger partial charge in [-0.05, 0) is 37.1 Å². The Bertz CT molecular complexity index is 392. The molecule has 0 aromatic heterocycles. The molecule has 1 N–H and O–H groups in total. The van der Waals surface area contributed by atoms with Crippen molar-refractivity contribution in [3.05, 3.63) is 30.3 Å². The van der Waals surface area contributed by atoms with E-state index in [-0.39, 0.29) is 12.5 Å². The Morgan fingerprint density at radius 1 is 1.32 bits per heavy atom. The third-order valence-electron chi connectivity index (χ3n) is 3.20. The van der Waals surface area contributed by atoms with Gasteiger partial charge in [-0.15, -0.1) is 11.8 Å². The summed E-state index contributed by atoms with van der Waals surface area (Å²) < 4.78 is 0. The molecule has 0 radical (unpaired) electrons. The smallest absolute Gasteiger partial charge is 0.222 e. The third kappa shape index (κ3) is 4.88. The summed E-state index contributed by atoms with van der Waals surface area (Å²) in [6.07, 6.45) is 3.69. The third-order valence-corrected chi connectivity index (χ3v) is 4.29. The molecule has 3 nitrogen and oxygen atoms in total. The van der Waals surface area contributed by atoms with Crippen LogP contribution in [0.15, 0.2) is 35.2 Å². The van der Waals surface area contributed by atoms with Crippen LogP contribution in [0.1, 0.15) is 25.7 Å². The maximum absolute atomic E-state index is 12.0. The molecule has 2 rings (SSSR count). The van der Waals surface area contributed by atoms with Gasteiger partial charge in [0.25, 0.3) is 0 Å². The Labute approximate surface area is 119 Å². The number of aliphatic hydroxyl groups is 1. The van der Waals surface area contributed by atoms with Gasteiger partial charge in [0.2, 0.25) is 5.91 Å². The molecule has 1 amide bonds. The lowest BCUT2D eigenvalue weighted by Crippen LogP contribution is -2.35. The molecule has 1 aliphatic rings. The van der Waals surface area contributed by atoms with Crippen LogP contribution in [0, 0.1) is 0 Å². The number of carbonyl (C=O) groups is 1. The van der Waals surface area contributed by atoms with E-state index in [9.17, 15) is 4.79 Å². The van der Waals surface area contributed by atoms with Crippen molar-refractivity contribution in [2.45, 2.75) is 36.6 Å². The molecule has 1 aliphatic carbocycles. The minimum absolute atomic E-state index is 0.0704. The lowest BCUT2D eigenvalue weighted by Gasteiger charge is -2.21. The molecule has 19 heavy (non-hydrogen) atoms. The number of rotatable bonds is 8. The molecule has 104 valence electrons. The summed E-state index contributed by atoms with van der Waals surface area (Å²) in [4.78, 5) is 15.1. The summed E-state index contributed by atoms with van der Waals surface area (Å²) in [5, 5.41) is 8.98. The number of carbonyl (C=O) groups excluding carboxylic acids is 1. The van der Waals surface area contributed by atoms with Crippen molar-refractivity contribution in [3.63, 3.8) is 0 Å². The topological polar surface area (TPSA) is 40.5 Å². The predicted molar refractivity (Wildman–Crippen MR) is 78.2 cm³/mol. The summed E-state index contributed by atoms with van der Waals surface area (Å²) >= 11 is 1.79. The average Bonchev–Trinajstić information content (AvgIpc) is 3.26. The number of benzene rings is 1. The van der Waals surface area contributed by atoms with Gasteiger partial charge in [0.1, 0.15) is 0 Å². The minimum atomic E-state index is 0.0704. The molecule has 1 aromatic rings. The second kappa shape index (κ2) is 7.56. The molecule has 0 bridgehead atoms. The van der Waals surface area contributed by atoms with E-state index in [4.69, 9.17) is 5.11 Å². The van der Waals surface area contributed by atoms with Crippen molar-refractivity contribution in [1.29, 1.82) is 0 Å². The van der Waals surface area contributed by atoms with Gasteiger partial charge < -0.3 is 10.0 Å². The second-order valence-electron chi connectivity index (χ2n) is 4.81. The largest absolute Gasteiger partial charge is 0.395 e. The highest BCUT2D eigenvalue weighted by atomic mass is 32.2. The van der Waals surface area contributed by atoms with Gasteiger partial charge in [-0.3, -0.25) is 4.79 Å². The lowest BCUT2D eigenvalue weighted by atomic mass is 10.3. The molecule has 4 heteroatoms. The van der Waals surface area contributed by atoms with Gasteiger partial charge in [-0.2, -0.15) is 0 Å². The first kappa shape index (κ1) is 14.4. The van der Waals surface area contributed by atoms with E-state index in [1.165, 1.54) is 4.90 Å². The number of aliphatic hydroxyl groups excluding tert-OH is 1. The first-order valence-corrected chi connectivity index (χ1v) is 7.88. The van der Waals surface area contributed by atoms with Crippen LogP contribution >= 0.6 is 11.8 Å². The van der Waals surface area contributed by atoms with Crippen LogP contribution in [-0.2, 0) is 4.79 Å². The Balaban J connectivity index is 1.65. The molecule has 0 aliphatic heterocycles. The standard InChI is InChI=1S/C15H21NO2S/c17-11-10-16(13-8-9-13)15(18)7-4-12-19-14-5-2-1-3-6-14/h1-3,5-6,13,17H,4,7-12H2. The van der Waals surface area contributed by atoms with E-state index < -0.39 is 0 Å². The highest BCUT2D eigenvalue weighted by molar-refractivity contribution is 7.99. The van der Waals surface area contributed by atoms with Crippen LogP contribution in [0.25, 0.3) is 0 Å². The summed E-state index contributed by atoms with van der Waals surface area (Å²) in [7, 11) is 0. The van der Waals surface area contributed by atoms with Gasteiger partial charge in [0.15, 0.2) is 0 Å². The van der Waals surface area contributed by atoms with Crippen molar-refractivity contribution in [3.8, 4) is 0 Å². The summed E-state index contributed by atoms with van der Waals surface area (Å²) in [6, 6.07) is 10.7. The van der Waals surface area contributed by atoms with E-state index in [2.05, 4.69) is 12.1 Å². The molecule has 1 aromatic carbocycles. The van der Waals surface area contributed by atoms with E-state index in [0.29, 0.717) is 19.0 Å². The average molecular weight is 279 g/mol. The molecule has 0 saturated heterocycles. The van der Waals surface area contributed by atoms with Crippen LogP contribution in [0.4, 0.5) is 0 Å². The summed E-state index contributed by atoms with van der Waals surface area (Å²) in [6.45, 7) is 0.566. The predicted octanol–water partition coefficient (Wildman–Crippen LogP) is 2.54. The normalized spacial score (nSPS) is 14.4.